The Morgan fingerprint density at radius 3 is 2.88 bits per heavy atom. The van der Waals surface area contributed by atoms with Crippen LogP contribution in [0.25, 0.3) is 11.4 Å². The maximum Gasteiger partial charge on any atom is 0.344 e. The zero-order valence-corrected chi connectivity index (χ0v) is 13.3. The molecular formula is C15H12ClN3O5. The number of aryl methyl sites for hydroxylation is 1. The molecule has 0 radical (unpaired) electrons. The van der Waals surface area contributed by atoms with Crippen molar-refractivity contribution in [1.82, 2.24) is 15.3 Å². The third-order valence-corrected chi connectivity index (χ3v) is 3.09. The Bertz CT molecular complexity index is 845. The third kappa shape index (κ3) is 4.11. The van der Waals surface area contributed by atoms with Gasteiger partial charge in [-0.1, -0.05) is 28.9 Å². The Labute approximate surface area is 141 Å². The number of nitrogens with zero attached hydrogens (tertiary/aromatic N) is 3. The van der Waals surface area contributed by atoms with Gasteiger partial charge in [0, 0.05) is 16.7 Å². The largest absolute Gasteiger partial charge is 0.463 e. The molecule has 0 atom stereocenters. The molecule has 2 heterocycles. The summed E-state index contributed by atoms with van der Waals surface area (Å²) in [4.78, 5) is 15.7. The molecule has 3 aromatic rings. The molecule has 0 saturated heterocycles. The highest BCUT2D eigenvalue weighted by Crippen LogP contribution is 2.20. The van der Waals surface area contributed by atoms with E-state index in [4.69, 9.17) is 30.1 Å². The van der Waals surface area contributed by atoms with Crippen molar-refractivity contribution in [2.24, 2.45) is 0 Å². The summed E-state index contributed by atoms with van der Waals surface area (Å²) in [5.74, 6) is 0.717. The van der Waals surface area contributed by atoms with Crippen molar-refractivity contribution < 1.29 is 23.3 Å². The standard InChI is InChI=1S/C15H12ClN3O5/c1-9-5-12(18-23-9)21-8-14(20)22-7-13-17-15(19-24-13)10-3-2-4-11(16)6-10/h2-6H,7-8H2,1H3. The van der Waals surface area contributed by atoms with Crippen LogP contribution in [0.2, 0.25) is 5.02 Å². The first-order chi connectivity index (χ1) is 11.6. The van der Waals surface area contributed by atoms with Crippen molar-refractivity contribution in [3.05, 3.63) is 47.0 Å². The highest BCUT2D eigenvalue weighted by Gasteiger charge is 2.12. The molecule has 0 spiro atoms. The van der Waals surface area contributed by atoms with Crippen LogP contribution in [0, 0.1) is 6.92 Å². The number of carbonyl (C=O) groups excluding carboxylic acids is 1. The Balaban J connectivity index is 1.51. The van der Waals surface area contributed by atoms with E-state index < -0.39 is 5.97 Å². The van der Waals surface area contributed by atoms with E-state index in [9.17, 15) is 4.79 Å². The first-order valence-electron chi connectivity index (χ1n) is 6.90. The van der Waals surface area contributed by atoms with Gasteiger partial charge in [-0.05, 0) is 24.2 Å². The summed E-state index contributed by atoms with van der Waals surface area (Å²) in [6.45, 7) is 1.25. The number of benzene rings is 1. The molecule has 0 unspecified atom stereocenters. The van der Waals surface area contributed by atoms with E-state index in [2.05, 4.69) is 15.3 Å². The molecule has 24 heavy (non-hydrogen) atoms. The summed E-state index contributed by atoms with van der Waals surface area (Å²) in [6, 6.07) is 8.57. The summed E-state index contributed by atoms with van der Waals surface area (Å²) < 4.78 is 19.9. The van der Waals surface area contributed by atoms with Crippen molar-refractivity contribution in [3.8, 4) is 17.3 Å². The lowest BCUT2D eigenvalue weighted by Gasteiger charge is -2.01. The second-order valence-corrected chi connectivity index (χ2v) is 5.18. The number of halogens is 1. The van der Waals surface area contributed by atoms with E-state index in [-0.39, 0.29) is 25.0 Å². The van der Waals surface area contributed by atoms with Crippen LogP contribution in [-0.4, -0.2) is 27.9 Å². The summed E-state index contributed by atoms with van der Waals surface area (Å²) in [5.41, 5.74) is 0.702. The molecule has 0 aliphatic rings. The molecule has 0 aliphatic heterocycles. The minimum Gasteiger partial charge on any atom is -0.463 e. The van der Waals surface area contributed by atoms with E-state index in [1.807, 2.05) is 0 Å². The molecule has 2 aromatic heterocycles. The molecule has 0 bridgehead atoms. The van der Waals surface area contributed by atoms with Crippen molar-refractivity contribution in [2.75, 3.05) is 6.61 Å². The molecule has 0 fully saturated rings. The molecular weight excluding hydrogens is 338 g/mol. The molecule has 8 nitrogen and oxygen atoms in total. The zero-order chi connectivity index (χ0) is 16.9. The van der Waals surface area contributed by atoms with Crippen LogP contribution in [0.4, 0.5) is 0 Å². The second kappa shape index (κ2) is 7.14. The first-order valence-corrected chi connectivity index (χ1v) is 7.28. The fourth-order valence-corrected chi connectivity index (χ4v) is 1.98. The van der Waals surface area contributed by atoms with Crippen LogP contribution >= 0.6 is 11.6 Å². The zero-order valence-electron chi connectivity index (χ0n) is 12.6. The molecule has 9 heteroatoms. The number of hydrogen-bond donors (Lipinski definition) is 0. The predicted octanol–water partition coefficient (Wildman–Crippen LogP) is 2.81. The number of ether oxygens (including phenoxy) is 2. The Morgan fingerprint density at radius 1 is 1.25 bits per heavy atom. The van der Waals surface area contributed by atoms with E-state index in [1.54, 1.807) is 37.3 Å². The minimum absolute atomic E-state index is 0.159. The topological polar surface area (TPSA) is 100 Å². The van der Waals surface area contributed by atoms with E-state index in [0.717, 1.165) is 0 Å². The van der Waals surface area contributed by atoms with Crippen molar-refractivity contribution in [3.63, 3.8) is 0 Å². The lowest BCUT2D eigenvalue weighted by Crippen LogP contribution is -2.14. The highest BCUT2D eigenvalue weighted by molar-refractivity contribution is 6.30. The predicted molar refractivity (Wildman–Crippen MR) is 81.3 cm³/mol. The Morgan fingerprint density at radius 2 is 2.12 bits per heavy atom. The highest BCUT2D eigenvalue weighted by atomic mass is 35.5. The van der Waals surface area contributed by atoms with Gasteiger partial charge in [-0.25, -0.2) is 4.79 Å². The van der Waals surface area contributed by atoms with Crippen molar-refractivity contribution in [1.29, 1.82) is 0 Å². The Hall–Kier alpha value is -2.87. The number of aromatic nitrogens is 3. The van der Waals surface area contributed by atoms with Gasteiger partial charge in [0.05, 0.1) is 0 Å². The lowest BCUT2D eigenvalue weighted by molar-refractivity contribution is -0.148. The second-order valence-electron chi connectivity index (χ2n) is 4.75. The van der Waals surface area contributed by atoms with E-state index in [1.165, 1.54) is 0 Å². The summed E-state index contributed by atoms with van der Waals surface area (Å²) in [6.07, 6.45) is 0. The van der Waals surface area contributed by atoms with E-state index >= 15 is 0 Å². The van der Waals surface area contributed by atoms with Crippen molar-refractivity contribution >= 4 is 17.6 Å². The molecule has 0 saturated carbocycles. The summed E-state index contributed by atoms with van der Waals surface area (Å²) >= 11 is 5.91. The average molecular weight is 350 g/mol. The maximum atomic E-state index is 11.6. The number of esters is 1. The quantitative estimate of drug-likeness (QED) is 0.626. The van der Waals surface area contributed by atoms with Gasteiger partial charge in [-0.2, -0.15) is 4.98 Å². The van der Waals surface area contributed by atoms with Gasteiger partial charge in [-0.15, -0.1) is 0 Å². The number of hydrogen-bond acceptors (Lipinski definition) is 8. The molecule has 0 amide bonds. The lowest BCUT2D eigenvalue weighted by atomic mass is 10.2. The van der Waals surface area contributed by atoms with Gasteiger partial charge < -0.3 is 18.5 Å². The molecule has 1 aromatic carbocycles. The fraction of sp³-hybridized carbons (Fsp3) is 0.200. The number of rotatable bonds is 6. The summed E-state index contributed by atoms with van der Waals surface area (Å²) in [5, 5.41) is 7.97. The third-order valence-electron chi connectivity index (χ3n) is 2.85. The van der Waals surface area contributed by atoms with Crippen LogP contribution in [0.15, 0.2) is 39.4 Å². The van der Waals surface area contributed by atoms with E-state index in [0.29, 0.717) is 22.2 Å². The van der Waals surface area contributed by atoms with Crippen LogP contribution in [0.5, 0.6) is 5.88 Å². The van der Waals surface area contributed by atoms with Gasteiger partial charge >= 0.3 is 5.97 Å². The van der Waals surface area contributed by atoms with Gasteiger partial charge in [0.25, 0.3) is 11.8 Å². The van der Waals surface area contributed by atoms with Crippen LogP contribution in [-0.2, 0) is 16.1 Å². The van der Waals surface area contributed by atoms with Crippen LogP contribution < -0.4 is 4.74 Å². The minimum atomic E-state index is -0.599. The first kappa shape index (κ1) is 16.0. The molecule has 3 rings (SSSR count). The van der Waals surface area contributed by atoms with Crippen molar-refractivity contribution in [2.45, 2.75) is 13.5 Å². The average Bonchev–Trinajstić information content (AvgIpc) is 3.20. The number of carbonyl (C=O) groups is 1. The molecule has 0 N–H and O–H groups in total. The fourth-order valence-electron chi connectivity index (χ4n) is 1.79. The van der Waals surface area contributed by atoms with Gasteiger partial charge in [0.1, 0.15) is 5.76 Å². The van der Waals surface area contributed by atoms with Gasteiger partial charge in [0.2, 0.25) is 5.82 Å². The van der Waals surface area contributed by atoms with Crippen LogP contribution in [0.3, 0.4) is 0 Å². The SMILES string of the molecule is Cc1cc(OCC(=O)OCc2nc(-c3cccc(Cl)c3)no2)no1. The summed E-state index contributed by atoms with van der Waals surface area (Å²) in [7, 11) is 0. The monoisotopic (exact) mass is 349 g/mol. The molecule has 0 aliphatic carbocycles. The normalized spacial score (nSPS) is 10.6. The molecule has 124 valence electrons. The Kier molecular flexibility index (Phi) is 4.76. The maximum absolute atomic E-state index is 11.6. The van der Waals surface area contributed by atoms with Gasteiger partial charge in [-0.3, -0.25) is 0 Å². The van der Waals surface area contributed by atoms with Gasteiger partial charge in [0.15, 0.2) is 13.2 Å². The van der Waals surface area contributed by atoms with Crippen LogP contribution in [0.1, 0.15) is 11.7 Å². The smallest absolute Gasteiger partial charge is 0.344 e.